The maximum absolute atomic E-state index is 12.9. The van der Waals surface area contributed by atoms with E-state index >= 15 is 0 Å². The number of nitrogens with zero attached hydrogens (tertiary/aromatic N) is 4. The lowest BCUT2D eigenvalue weighted by atomic mass is 9.83. The molecule has 0 unspecified atom stereocenters. The first kappa shape index (κ1) is 18.4. The number of carboxylic acids is 1. The number of carbonyl (C=O) groups is 2. The van der Waals surface area contributed by atoms with Gasteiger partial charge in [0.05, 0.1) is 12.1 Å². The van der Waals surface area contributed by atoms with Crippen LogP contribution in [0.25, 0.3) is 10.9 Å². The number of nitrogen functional groups attached to an aromatic ring is 1. The van der Waals surface area contributed by atoms with Gasteiger partial charge in [0.25, 0.3) is 0 Å². The van der Waals surface area contributed by atoms with Crippen molar-refractivity contribution in [2.24, 2.45) is 5.41 Å². The lowest BCUT2D eigenvalue weighted by Crippen LogP contribution is -2.54. The van der Waals surface area contributed by atoms with Gasteiger partial charge in [-0.1, -0.05) is 24.3 Å². The molecule has 2 heterocycles. The van der Waals surface area contributed by atoms with E-state index in [9.17, 15) is 14.7 Å². The topological polar surface area (TPSA) is 113 Å². The maximum Gasteiger partial charge on any atom is 0.319 e. The average molecular weight is 381 g/mol. The minimum absolute atomic E-state index is 0.269. The van der Waals surface area contributed by atoms with Crippen LogP contribution in [0.5, 0.6) is 0 Å². The molecule has 0 bridgehead atoms. The fourth-order valence-electron chi connectivity index (χ4n) is 3.93. The van der Waals surface area contributed by atoms with Crippen LogP contribution in [0.4, 0.5) is 5.82 Å². The largest absolute Gasteiger partial charge is 0.480 e. The number of para-hydroxylation sites is 1. The highest BCUT2D eigenvalue weighted by atomic mass is 16.4. The van der Waals surface area contributed by atoms with Crippen LogP contribution in [0, 0.1) is 5.41 Å². The van der Waals surface area contributed by atoms with Crippen LogP contribution >= 0.6 is 0 Å². The number of benzene rings is 1. The summed E-state index contributed by atoms with van der Waals surface area (Å²) in [5.41, 5.74) is 5.55. The van der Waals surface area contributed by atoms with Crippen molar-refractivity contribution in [3.05, 3.63) is 42.2 Å². The molecule has 4 rings (SSSR count). The number of rotatable bonds is 4. The van der Waals surface area contributed by atoms with Gasteiger partial charge in [-0.05, 0) is 25.0 Å². The molecule has 146 valence electrons. The summed E-state index contributed by atoms with van der Waals surface area (Å²) < 4.78 is 0. The number of fused-ring (bicyclic) bond motifs is 1. The Morgan fingerprint density at radius 1 is 1.07 bits per heavy atom. The minimum atomic E-state index is -1.32. The van der Waals surface area contributed by atoms with Gasteiger partial charge in [0, 0.05) is 31.6 Å². The molecule has 1 aliphatic carbocycles. The predicted octanol–water partition coefficient (Wildman–Crippen LogP) is 1.28. The molecule has 28 heavy (non-hydrogen) atoms. The van der Waals surface area contributed by atoms with Crippen LogP contribution in [0.15, 0.2) is 36.4 Å². The van der Waals surface area contributed by atoms with E-state index in [-0.39, 0.29) is 18.7 Å². The van der Waals surface area contributed by atoms with Crippen molar-refractivity contribution >= 4 is 28.6 Å². The van der Waals surface area contributed by atoms with Crippen LogP contribution < -0.4 is 5.73 Å². The molecule has 1 aromatic heterocycles. The van der Waals surface area contributed by atoms with Gasteiger partial charge < -0.3 is 15.7 Å². The van der Waals surface area contributed by atoms with Crippen molar-refractivity contribution in [2.75, 3.05) is 31.9 Å². The van der Waals surface area contributed by atoms with E-state index in [2.05, 4.69) is 14.9 Å². The molecule has 2 aromatic rings. The smallest absolute Gasteiger partial charge is 0.319 e. The van der Waals surface area contributed by atoms with Crippen molar-refractivity contribution in [2.45, 2.75) is 19.4 Å². The molecular weight excluding hydrogens is 358 g/mol. The first-order valence-corrected chi connectivity index (χ1v) is 9.41. The Bertz CT molecular complexity index is 942. The fourth-order valence-corrected chi connectivity index (χ4v) is 3.93. The molecule has 1 aromatic carbocycles. The molecular formula is C20H23N5O3. The minimum Gasteiger partial charge on any atom is -0.480 e. The summed E-state index contributed by atoms with van der Waals surface area (Å²) in [6.45, 7) is 2.83. The van der Waals surface area contributed by atoms with E-state index in [0.29, 0.717) is 44.4 Å². The van der Waals surface area contributed by atoms with Gasteiger partial charge in [-0.25, -0.2) is 9.97 Å². The fraction of sp³-hybridized carbons (Fsp3) is 0.400. The number of hydrogen-bond donors (Lipinski definition) is 2. The second-order valence-corrected chi connectivity index (χ2v) is 7.38. The van der Waals surface area contributed by atoms with E-state index in [0.717, 1.165) is 10.9 Å². The Kier molecular flexibility index (Phi) is 4.72. The van der Waals surface area contributed by atoms with Crippen LogP contribution in [0.1, 0.15) is 18.7 Å². The summed E-state index contributed by atoms with van der Waals surface area (Å²) in [5, 5.41) is 10.4. The third-order valence-electron chi connectivity index (χ3n) is 5.62. The summed E-state index contributed by atoms with van der Waals surface area (Å²) in [6, 6.07) is 7.63. The summed E-state index contributed by atoms with van der Waals surface area (Å²) in [4.78, 5) is 37.4. The molecule has 1 fully saturated rings. The van der Waals surface area contributed by atoms with E-state index in [1.54, 1.807) is 17.1 Å². The van der Waals surface area contributed by atoms with Gasteiger partial charge in [0.15, 0.2) is 5.41 Å². The molecule has 1 aliphatic heterocycles. The highest BCUT2D eigenvalue weighted by Gasteiger charge is 2.48. The van der Waals surface area contributed by atoms with Gasteiger partial charge in [-0.15, -0.1) is 0 Å². The van der Waals surface area contributed by atoms with E-state index in [1.807, 2.05) is 24.3 Å². The Hall–Kier alpha value is -3.00. The highest BCUT2D eigenvalue weighted by molar-refractivity contribution is 6.02. The maximum atomic E-state index is 12.9. The molecule has 8 heteroatoms. The third kappa shape index (κ3) is 3.20. The molecule has 8 nitrogen and oxygen atoms in total. The van der Waals surface area contributed by atoms with Crippen molar-refractivity contribution in [3.8, 4) is 0 Å². The second kappa shape index (κ2) is 7.20. The number of allylic oxidation sites excluding steroid dienone is 2. The van der Waals surface area contributed by atoms with Gasteiger partial charge in [0.1, 0.15) is 11.6 Å². The third-order valence-corrected chi connectivity index (χ3v) is 5.62. The van der Waals surface area contributed by atoms with Gasteiger partial charge >= 0.3 is 5.97 Å². The van der Waals surface area contributed by atoms with Crippen molar-refractivity contribution in [1.82, 2.24) is 19.8 Å². The van der Waals surface area contributed by atoms with Crippen LogP contribution in [-0.2, 0) is 16.1 Å². The van der Waals surface area contributed by atoms with Gasteiger partial charge in [0.2, 0.25) is 5.91 Å². The summed E-state index contributed by atoms with van der Waals surface area (Å²) >= 11 is 0. The van der Waals surface area contributed by atoms with Crippen molar-refractivity contribution < 1.29 is 14.7 Å². The second-order valence-electron chi connectivity index (χ2n) is 7.38. The number of carbonyl (C=O) groups excluding carboxylic acids is 1. The number of hydrogen-bond acceptors (Lipinski definition) is 6. The summed E-state index contributed by atoms with van der Waals surface area (Å²) in [7, 11) is 0. The highest BCUT2D eigenvalue weighted by Crippen LogP contribution is 2.36. The zero-order chi connectivity index (χ0) is 19.7. The number of nitrogens with two attached hydrogens (primary N) is 1. The molecule has 0 spiro atoms. The SMILES string of the molecule is Nc1nc(CN2CCN(C(=O)C3(C(=O)O)CC=CC3)CC2)nc2ccccc12. The Morgan fingerprint density at radius 2 is 1.75 bits per heavy atom. The van der Waals surface area contributed by atoms with Crippen LogP contribution in [0.3, 0.4) is 0 Å². The van der Waals surface area contributed by atoms with Gasteiger partial charge in [-0.2, -0.15) is 0 Å². The quantitative estimate of drug-likeness (QED) is 0.606. The van der Waals surface area contributed by atoms with Crippen LogP contribution in [-0.4, -0.2) is 62.9 Å². The monoisotopic (exact) mass is 381 g/mol. The normalized spacial score (nSPS) is 19.2. The van der Waals surface area contributed by atoms with E-state index in [4.69, 9.17) is 5.73 Å². The number of carboxylic acid groups (broad SMARTS) is 1. The summed E-state index contributed by atoms with van der Waals surface area (Å²) in [5.74, 6) is -0.203. The molecule has 3 N–H and O–H groups in total. The van der Waals surface area contributed by atoms with Gasteiger partial charge in [-0.3, -0.25) is 14.5 Å². The number of piperazine rings is 1. The van der Waals surface area contributed by atoms with Crippen molar-refractivity contribution in [1.29, 1.82) is 0 Å². The Balaban J connectivity index is 1.41. The number of aliphatic carboxylic acids is 1. The number of aromatic nitrogens is 2. The van der Waals surface area contributed by atoms with E-state index in [1.165, 1.54) is 0 Å². The standard InChI is InChI=1S/C20H23N5O3/c21-17-14-5-1-2-6-15(14)22-16(23-17)13-24-9-11-25(12-10-24)18(26)20(19(27)28)7-3-4-8-20/h1-6H,7-13H2,(H,27,28)(H2,21,22,23). The zero-order valence-electron chi connectivity index (χ0n) is 15.5. The predicted molar refractivity (Wildman–Crippen MR) is 104 cm³/mol. The molecule has 2 aliphatic rings. The first-order chi connectivity index (χ1) is 13.5. The molecule has 1 saturated heterocycles. The zero-order valence-corrected chi connectivity index (χ0v) is 15.5. The van der Waals surface area contributed by atoms with E-state index < -0.39 is 11.4 Å². The summed E-state index contributed by atoms with van der Waals surface area (Å²) in [6.07, 6.45) is 4.10. The molecule has 0 atom stereocenters. The Morgan fingerprint density at radius 3 is 2.43 bits per heavy atom. The number of amides is 1. The molecule has 0 saturated carbocycles. The lowest BCUT2D eigenvalue weighted by Gasteiger charge is -2.38. The lowest BCUT2D eigenvalue weighted by molar-refractivity contribution is -0.161. The average Bonchev–Trinajstić information content (AvgIpc) is 3.19. The van der Waals surface area contributed by atoms with Crippen LogP contribution in [0.2, 0.25) is 0 Å². The first-order valence-electron chi connectivity index (χ1n) is 9.41. The Labute approximate surface area is 162 Å². The number of anilines is 1. The molecule has 1 amide bonds. The molecule has 0 radical (unpaired) electrons. The van der Waals surface area contributed by atoms with Crippen molar-refractivity contribution in [3.63, 3.8) is 0 Å².